The summed E-state index contributed by atoms with van der Waals surface area (Å²) in [7, 11) is -2.01. The zero-order chi connectivity index (χ0) is 21.0. The number of ether oxygens (including phenoxy) is 2. The van der Waals surface area contributed by atoms with E-state index in [9.17, 15) is 18.0 Å². The predicted molar refractivity (Wildman–Crippen MR) is 107 cm³/mol. The molecule has 0 amide bonds. The maximum absolute atomic E-state index is 12.5. The lowest BCUT2D eigenvalue weighted by atomic mass is 10.1. The van der Waals surface area contributed by atoms with Gasteiger partial charge in [0.25, 0.3) is 0 Å². The van der Waals surface area contributed by atoms with E-state index in [-0.39, 0.29) is 16.2 Å². The van der Waals surface area contributed by atoms with Crippen LogP contribution in [0, 0.1) is 0 Å². The smallest absolute Gasteiger partial charge is 0.338 e. The maximum atomic E-state index is 12.5. The lowest BCUT2D eigenvalue weighted by Gasteiger charge is -2.16. The molecule has 3 rings (SSSR count). The van der Waals surface area contributed by atoms with Crippen LogP contribution < -0.4 is 4.74 Å². The van der Waals surface area contributed by atoms with Crippen LogP contribution in [0.1, 0.15) is 40.5 Å². The molecular formula is C21H23NO6S. The minimum Gasteiger partial charge on any atom is -0.497 e. The van der Waals surface area contributed by atoms with Crippen molar-refractivity contribution in [2.24, 2.45) is 0 Å². The number of sulfonamides is 1. The summed E-state index contributed by atoms with van der Waals surface area (Å²) >= 11 is 0. The Kier molecular flexibility index (Phi) is 6.34. The third-order valence-corrected chi connectivity index (χ3v) is 6.73. The quantitative estimate of drug-likeness (QED) is 0.508. The highest BCUT2D eigenvalue weighted by Gasteiger charge is 2.27. The molecule has 2 aromatic rings. The van der Waals surface area contributed by atoms with Crippen LogP contribution in [-0.4, -0.2) is 50.8 Å². The Bertz CT molecular complexity index is 977. The van der Waals surface area contributed by atoms with Gasteiger partial charge in [0.2, 0.25) is 15.8 Å². The van der Waals surface area contributed by atoms with Crippen molar-refractivity contribution in [1.82, 2.24) is 4.31 Å². The zero-order valence-electron chi connectivity index (χ0n) is 16.3. The molecule has 0 N–H and O–H groups in total. The van der Waals surface area contributed by atoms with Crippen LogP contribution in [0.5, 0.6) is 5.75 Å². The number of methoxy groups -OCH3 is 1. The van der Waals surface area contributed by atoms with Gasteiger partial charge in [-0.3, -0.25) is 4.79 Å². The zero-order valence-corrected chi connectivity index (χ0v) is 17.1. The molecular weight excluding hydrogens is 394 g/mol. The SMILES string of the molecule is COc1ccc(C(=O)[C@H](C)OC(=O)c2ccc(S(=O)(=O)N3CCCC3)cc2)cc1. The summed E-state index contributed by atoms with van der Waals surface area (Å²) in [5, 5.41) is 0. The molecule has 0 spiro atoms. The van der Waals surface area contributed by atoms with E-state index < -0.39 is 22.1 Å². The molecule has 0 radical (unpaired) electrons. The van der Waals surface area contributed by atoms with E-state index >= 15 is 0 Å². The van der Waals surface area contributed by atoms with E-state index in [1.807, 2.05) is 0 Å². The number of carbonyl (C=O) groups is 2. The van der Waals surface area contributed by atoms with Crippen molar-refractivity contribution in [1.29, 1.82) is 0 Å². The van der Waals surface area contributed by atoms with Crippen LogP contribution >= 0.6 is 0 Å². The normalized spacial score (nSPS) is 15.7. The fraction of sp³-hybridized carbons (Fsp3) is 0.333. The minimum atomic E-state index is -3.54. The molecule has 0 unspecified atom stereocenters. The van der Waals surface area contributed by atoms with Gasteiger partial charge in [-0.25, -0.2) is 13.2 Å². The Balaban J connectivity index is 1.66. The molecule has 1 heterocycles. The number of carbonyl (C=O) groups excluding carboxylic acids is 2. The first-order valence-electron chi connectivity index (χ1n) is 9.32. The van der Waals surface area contributed by atoms with Crippen LogP contribution in [0.4, 0.5) is 0 Å². The van der Waals surface area contributed by atoms with Gasteiger partial charge >= 0.3 is 5.97 Å². The minimum absolute atomic E-state index is 0.137. The highest BCUT2D eigenvalue weighted by atomic mass is 32.2. The monoisotopic (exact) mass is 417 g/mol. The van der Waals surface area contributed by atoms with Crippen LogP contribution in [0.15, 0.2) is 53.4 Å². The van der Waals surface area contributed by atoms with Crippen molar-refractivity contribution in [3.8, 4) is 5.75 Å². The summed E-state index contributed by atoms with van der Waals surface area (Å²) in [6, 6.07) is 12.1. The molecule has 1 aliphatic rings. The standard InChI is InChI=1S/C21H23NO6S/c1-15(20(23)16-5-9-18(27-2)10-6-16)28-21(24)17-7-11-19(12-8-17)29(25,26)22-13-3-4-14-22/h5-12,15H,3-4,13-14H2,1-2H3/t15-/m0/s1. The van der Waals surface area contributed by atoms with E-state index in [1.165, 1.54) is 42.6 Å². The number of hydrogen-bond acceptors (Lipinski definition) is 6. The third-order valence-electron chi connectivity index (χ3n) is 4.82. The Hall–Kier alpha value is -2.71. The topological polar surface area (TPSA) is 90.0 Å². The van der Waals surface area contributed by atoms with Crippen molar-refractivity contribution in [3.63, 3.8) is 0 Å². The first kappa shape index (κ1) is 21.0. The van der Waals surface area contributed by atoms with Crippen molar-refractivity contribution in [3.05, 3.63) is 59.7 Å². The number of ketones is 1. The second kappa shape index (κ2) is 8.75. The average molecular weight is 417 g/mol. The second-order valence-electron chi connectivity index (χ2n) is 6.78. The number of rotatable bonds is 7. The highest BCUT2D eigenvalue weighted by Crippen LogP contribution is 2.21. The number of Topliss-reactive ketones (excluding diaryl/α,β-unsaturated/α-hetero) is 1. The molecule has 2 aromatic carbocycles. The van der Waals surface area contributed by atoms with Crippen molar-refractivity contribution < 1.29 is 27.5 Å². The van der Waals surface area contributed by atoms with Crippen LogP contribution in [-0.2, 0) is 14.8 Å². The van der Waals surface area contributed by atoms with E-state index in [2.05, 4.69) is 0 Å². The van der Waals surface area contributed by atoms with Crippen LogP contribution in [0.3, 0.4) is 0 Å². The fourth-order valence-electron chi connectivity index (χ4n) is 3.11. The largest absolute Gasteiger partial charge is 0.497 e. The number of nitrogens with zero attached hydrogens (tertiary/aromatic N) is 1. The fourth-order valence-corrected chi connectivity index (χ4v) is 4.63. The van der Waals surface area contributed by atoms with Gasteiger partial charge in [-0.15, -0.1) is 0 Å². The summed E-state index contributed by atoms with van der Waals surface area (Å²) < 4.78 is 36.8. The predicted octanol–water partition coefficient (Wildman–Crippen LogP) is 2.91. The second-order valence-corrected chi connectivity index (χ2v) is 8.71. The summed E-state index contributed by atoms with van der Waals surface area (Å²) in [6.07, 6.45) is 0.719. The molecule has 0 aliphatic carbocycles. The first-order valence-corrected chi connectivity index (χ1v) is 10.8. The Morgan fingerprint density at radius 2 is 1.48 bits per heavy atom. The lowest BCUT2D eigenvalue weighted by Crippen LogP contribution is -2.28. The highest BCUT2D eigenvalue weighted by molar-refractivity contribution is 7.89. The number of hydrogen-bond donors (Lipinski definition) is 0. The Labute approximate surface area is 170 Å². The van der Waals surface area contributed by atoms with E-state index in [1.54, 1.807) is 24.3 Å². The third kappa shape index (κ3) is 4.65. The first-order chi connectivity index (χ1) is 13.8. The van der Waals surface area contributed by atoms with Gasteiger partial charge in [0, 0.05) is 18.7 Å². The van der Waals surface area contributed by atoms with E-state index in [4.69, 9.17) is 9.47 Å². The molecule has 29 heavy (non-hydrogen) atoms. The lowest BCUT2D eigenvalue weighted by molar-refractivity contribution is 0.0318. The van der Waals surface area contributed by atoms with Gasteiger partial charge in [-0.05, 0) is 68.3 Å². The number of esters is 1. The van der Waals surface area contributed by atoms with Gasteiger partial charge in [-0.2, -0.15) is 4.31 Å². The molecule has 7 nitrogen and oxygen atoms in total. The van der Waals surface area contributed by atoms with Gasteiger partial charge in [0.15, 0.2) is 6.10 Å². The summed E-state index contributed by atoms with van der Waals surface area (Å²) in [5.74, 6) is -0.408. The molecule has 0 saturated carbocycles. The van der Waals surface area contributed by atoms with Gasteiger partial charge in [-0.1, -0.05) is 0 Å². The van der Waals surface area contributed by atoms with Crippen LogP contribution in [0.25, 0.3) is 0 Å². The van der Waals surface area contributed by atoms with E-state index in [0.717, 1.165) is 12.8 Å². The van der Waals surface area contributed by atoms with E-state index in [0.29, 0.717) is 24.4 Å². The van der Waals surface area contributed by atoms with Gasteiger partial charge < -0.3 is 9.47 Å². The van der Waals surface area contributed by atoms with Crippen molar-refractivity contribution >= 4 is 21.8 Å². The van der Waals surface area contributed by atoms with Crippen molar-refractivity contribution in [2.75, 3.05) is 20.2 Å². The molecule has 1 atom stereocenters. The molecule has 1 aliphatic heterocycles. The molecule has 154 valence electrons. The summed E-state index contributed by atoms with van der Waals surface area (Å²) in [6.45, 7) is 2.52. The molecule has 8 heteroatoms. The molecule has 0 aromatic heterocycles. The average Bonchev–Trinajstić information content (AvgIpc) is 3.29. The van der Waals surface area contributed by atoms with Gasteiger partial charge in [0.05, 0.1) is 17.6 Å². The Morgan fingerprint density at radius 1 is 0.931 bits per heavy atom. The maximum Gasteiger partial charge on any atom is 0.338 e. The number of benzene rings is 2. The molecule has 1 fully saturated rings. The molecule has 0 bridgehead atoms. The Morgan fingerprint density at radius 3 is 2.03 bits per heavy atom. The van der Waals surface area contributed by atoms with Gasteiger partial charge in [0.1, 0.15) is 5.75 Å². The summed E-state index contributed by atoms with van der Waals surface area (Å²) in [4.78, 5) is 24.9. The summed E-state index contributed by atoms with van der Waals surface area (Å²) in [5.41, 5.74) is 0.581. The molecule has 1 saturated heterocycles. The van der Waals surface area contributed by atoms with Crippen molar-refractivity contribution in [2.45, 2.75) is 30.8 Å². The van der Waals surface area contributed by atoms with Crippen LogP contribution in [0.2, 0.25) is 0 Å².